The topological polar surface area (TPSA) is 86.5 Å². The second-order valence-corrected chi connectivity index (χ2v) is 5.90. The van der Waals surface area contributed by atoms with E-state index in [1.807, 2.05) is 49.4 Å². The Kier molecular flexibility index (Phi) is 3.78. The fraction of sp³-hybridized carbons (Fsp3) is 0.105. The highest BCUT2D eigenvalue weighted by Gasteiger charge is 2.13. The number of anilines is 1. The SMILES string of the molecule is Cc1[nH]c2ccccc2c1CC(=O)Nc1cc(-c2ccncc2)[nH]n1. The first-order valence-electron chi connectivity index (χ1n) is 8.02. The Morgan fingerprint density at radius 3 is 2.80 bits per heavy atom. The maximum atomic E-state index is 12.4. The molecule has 0 saturated heterocycles. The van der Waals surface area contributed by atoms with Crippen LogP contribution in [0.25, 0.3) is 22.2 Å². The van der Waals surface area contributed by atoms with E-state index in [9.17, 15) is 4.79 Å². The number of nitrogens with one attached hydrogen (secondary N) is 3. The number of aromatic nitrogens is 4. The Balaban J connectivity index is 1.51. The number of H-pyrrole nitrogens is 2. The van der Waals surface area contributed by atoms with Crippen molar-refractivity contribution < 1.29 is 4.79 Å². The van der Waals surface area contributed by atoms with Crippen molar-refractivity contribution in [3.05, 3.63) is 66.1 Å². The number of carbonyl (C=O) groups excluding carboxylic acids is 1. The van der Waals surface area contributed by atoms with Crippen LogP contribution >= 0.6 is 0 Å². The van der Waals surface area contributed by atoms with Crippen LogP contribution in [-0.2, 0) is 11.2 Å². The molecule has 4 rings (SSSR count). The number of benzene rings is 1. The molecule has 0 saturated carbocycles. The van der Waals surface area contributed by atoms with Gasteiger partial charge in [-0.25, -0.2) is 0 Å². The molecule has 6 heteroatoms. The van der Waals surface area contributed by atoms with Crippen LogP contribution in [0.5, 0.6) is 0 Å². The Hall–Kier alpha value is -3.41. The zero-order chi connectivity index (χ0) is 17.2. The molecule has 6 nitrogen and oxygen atoms in total. The molecular weight excluding hydrogens is 314 g/mol. The molecule has 0 unspecified atom stereocenters. The van der Waals surface area contributed by atoms with Gasteiger partial charge in [0.25, 0.3) is 0 Å². The average Bonchev–Trinajstić information content (AvgIpc) is 3.21. The van der Waals surface area contributed by atoms with Gasteiger partial charge in [-0.3, -0.25) is 14.9 Å². The van der Waals surface area contributed by atoms with E-state index in [1.54, 1.807) is 12.4 Å². The van der Waals surface area contributed by atoms with E-state index in [-0.39, 0.29) is 5.91 Å². The number of aromatic amines is 2. The van der Waals surface area contributed by atoms with Crippen molar-refractivity contribution in [3.8, 4) is 11.3 Å². The lowest BCUT2D eigenvalue weighted by molar-refractivity contribution is -0.115. The highest BCUT2D eigenvalue weighted by molar-refractivity contribution is 5.96. The van der Waals surface area contributed by atoms with Gasteiger partial charge in [0.15, 0.2) is 5.82 Å². The summed E-state index contributed by atoms with van der Waals surface area (Å²) in [6.45, 7) is 1.98. The Labute approximate surface area is 144 Å². The second-order valence-electron chi connectivity index (χ2n) is 5.90. The first-order valence-corrected chi connectivity index (χ1v) is 8.02. The quantitative estimate of drug-likeness (QED) is 0.535. The van der Waals surface area contributed by atoms with Crippen LogP contribution < -0.4 is 5.32 Å². The molecule has 124 valence electrons. The lowest BCUT2D eigenvalue weighted by Crippen LogP contribution is -2.15. The molecule has 3 N–H and O–H groups in total. The number of aryl methyl sites for hydroxylation is 1. The van der Waals surface area contributed by atoms with E-state index in [2.05, 4.69) is 25.5 Å². The second kappa shape index (κ2) is 6.24. The van der Waals surface area contributed by atoms with Crippen molar-refractivity contribution in [1.29, 1.82) is 0 Å². The van der Waals surface area contributed by atoms with Crippen LogP contribution in [0.2, 0.25) is 0 Å². The molecular formula is C19H17N5O. The summed E-state index contributed by atoms with van der Waals surface area (Å²) in [5, 5.41) is 11.0. The summed E-state index contributed by atoms with van der Waals surface area (Å²) in [6.07, 6.45) is 3.73. The molecule has 1 amide bonds. The van der Waals surface area contributed by atoms with Crippen LogP contribution in [0.3, 0.4) is 0 Å². The minimum Gasteiger partial charge on any atom is -0.358 e. The maximum absolute atomic E-state index is 12.4. The zero-order valence-electron chi connectivity index (χ0n) is 13.7. The lowest BCUT2D eigenvalue weighted by atomic mass is 10.1. The normalized spacial score (nSPS) is 10.9. The van der Waals surface area contributed by atoms with Crippen LogP contribution in [0.15, 0.2) is 54.9 Å². The van der Waals surface area contributed by atoms with Gasteiger partial charge in [0.2, 0.25) is 5.91 Å². The summed E-state index contributed by atoms with van der Waals surface area (Å²) in [4.78, 5) is 19.7. The monoisotopic (exact) mass is 331 g/mol. The number of rotatable bonds is 4. The fourth-order valence-corrected chi connectivity index (χ4v) is 2.98. The van der Waals surface area contributed by atoms with Gasteiger partial charge in [-0.1, -0.05) is 18.2 Å². The van der Waals surface area contributed by atoms with E-state index in [0.717, 1.165) is 33.4 Å². The molecule has 0 radical (unpaired) electrons. The Morgan fingerprint density at radius 1 is 1.16 bits per heavy atom. The number of nitrogens with zero attached hydrogens (tertiary/aromatic N) is 2. The van der Waals surface area contributed by atoms with Gasteiger partial charge >= 0.3 is 0 Å². The number of carbonyl (C=O) groups is 1. The van der Waals surface area contributed by atoms with Gasteiger partial charge in [-0.05, 0) is 30.7 Å². The largest absolute Gasteiger partial charge is 0.358 e. The molecule has 0 fully saturated rings. The molecule has 0 aliphatic carbocycles. The Morgan fingerprint density at radius 2 is 1.96 bits per heavy atom. The van der Waals surface area contributed by atoms with Gasteiger partial charge in [-0.15, -0.1) is 0 Å². The molecule has 1 aromatic carbocycles. The number of hydrogen-bond donors (Lipinski definition) is 3. The average molecular weight is 331 g/mol. The smallest absolute Gasteiger partial charge is 0.230 e. The summed E-state index contributed by atoms with van der Waals surface area (Å²) < 4.78 is 0. The molecule has 0 aliphatic rings. The van der Waals surface area contributed by atoms with Crippen LogP contribution in [0, 0.1) is 6.92 Å². The van der Waals surface area contributed by atoms with E-state index in [0.29, 0.717) is 12.2 Å². The molecule has 4 aromatic rings. The lowest BCUT2D eigenvalue weighted by Gasteiger charge is -2.02. The highest BCUT2D eigenvalue weighted by Crippen LogP contribution is 2.23. The first-order chi connectivity index (χ1) is 12.2. The highest BCUT2D eigenvalue weighted by atomic mass is 16.1. The summed E-state index contributed by atoms with van der Waals surface area (Å²) in [5.41, 5.74) is 4.87. The fourth-order valence-electron chi connectivity index (χ4n) is 2.98. The summed E-state index contributed by atoms with van der Waals surface area (Å²) in [5.74, 6) is 0.412. The number of amides is 1. The van der Waals surface area contributed by atoms with Crippen LogP contribution in [0.4, 0.5) is 5.82 Å². The van der Waals surface area contributed by atoms with Gasteiger partial charge in [0, 0.05) is 40.6 Å². The molecule has 25 heavy (non-hydrogen) atoms. The number of fused-ring (bicyclic) bond motifs is 1. The molecule has 0 bridgehead atoms. The van der Waals surface area contributed by atoms with E-state index < -0.39 is 0 Å². The molecule has 0 atom stereocenters. The van der Waals surface area contributed by atoms with Gasteiger partial charge < -0.3 is 10.3 Å². The van der Waals surface area contributed by atoms with Crippen molar-refractivity contribution >= 4 is 22.6 Å². The number of pyridine rings is 1. The molecule has 0 aliphatic heterocycles. The minimum absolute atomic E-state index is 0.0966. The minimum atomic E-state index is -0.0966. The van der Waals surface area contributed by atoms with Crippen LogP contribution in [0.1, 0.15) is 11.3 Å². The maximum Gasteiger partial charge on any atom is 0.230 e. The van der Waals surface area contributed by atoms with Gasteiger partial charge in [-0.2, -0.15) is 5.10 Å². The third-order valence-corrected chi connectivity index (χ3v) is 4.20. The predicted molar refractivity (Wildman–Crippen MR) is 97.2 cm³/mol. The van der Waals surface area contributed by atoms with Crippen molar-refractivity contribution in [1.82, 2.24) is 20.2 Å². The van der Waals surface area contributed by atoms with E-state index >= 15 is 0 Å². The summed E-state index contributed by atoms with van der Waals surface area (Å²) in [6, 6.07) is 13.6. The standard InChI is InChI=1S/C19H17N5O/c1-12-15(14-4-2-3-5-16(14)21-12)10-19(25)22-18-11-17(23-24-18)13-6-8-20-9-7-13/h2-9,11,21H,10H2,1H3,(H2,22,23,24,25). The molecule has 3 heterocycles. The third kappa shape index (κ3) is 3.01. The van der Waals surface area contributed by atoms with Gasteiger partial charge in [0.05, 0.1) is 12.1 Å². The van der Waals surface area contributed by atoms with E-state index in [1.165, 1.54) is 0 Å². The number of para-hydroxylation sites is 1. The molecule has 0 spiro atoms. The van der Waals surface area contributed by atoms with Crippen molar-refractivity contribution in [2.75, 3.05) is 5.32 Å². The third-order valence-electron chi connectivity index (χ3n) is 4.20. The van der Waals surface area contributed by atoms with E-state index in [4.69, 9.17) is 0 Å². The zero-order valence-corrected chi connectivity index (χ0v) is 13.7. The van der Waals surface area contributed by atoms with Crippen molar-refractivity contribution in [2.24, 2.45) is 0 Å². The predicted octanol–water partition coefficient (Wildman–Crippen LogP) is 3.44. The molecule has 3 aromatic heterocycles. The van der Waals surface area contributed by atoms with Crippen LogP contribution in [-0.4, -0.2) is 26.1 Å². The number of hydrogen-bond acceptors (Lipinski definition) is 3. The summed E-state index contributed by atoms with van der Waals surface area (Å²) >= 11 is 0. The van der Waals surface area contributed by atoms with Gasteiger partial charge in [0.1, 0.15) is 0 Å². The van der Waals surface area contributed by atoms with Crippen molar-refractivity contribution in [2.45, 2.75) is 13.3 Å². The summed E-state index contributed by atoms with van der Waals surface area (Å²) in [7, 11) is 0. The Bertz CT molecular complexity index is 1030. The van der Waals surface area contributed by atoms with Crippen molar-refractivity contribution in [3.63, 3.8) is 0 Å². The first kappa shape index (κ1) is 15.1.